The highest BCUT2D eigenvalue weighted by Gasteiger charge is 2.31. The molecule has 1 aliphatic heterocycles. The molecule has 1 amide bonds. The summed E-state index contributed by atoms with van der Waals surface area (Å²) in [5, 5.41) is 2.49. The van der Waals surface area contributed by atoms with Gasteiger partial charge in [0, 0.05) is 36.8 Å². The van der Waals surface area contributed by atoms with Crippen LogP contribution in [-0.2, 0) is 19.7 Å². The summed E-state index contributed by atoms with van der Waals surface area (Å²) in [5.74, 6) is -2.93. The summed E-state index contributed by atoms with van der Waals surface area (Å²) in [5.41, 5.74) is 0.0974. The second-order valence-corrected chi connectivity index (χ2v) is 7.99. The number of nitrogens with one attached hydrogen (secondary N) is 1. The van der Waals surface area contributed by atoms with E-state index in [4.69, 9.17) is 4.74 Å². The van der Waals surface area contributed by atoms with Gasteiger partial charge in [0.2, 0.25) is 5.43 Å². The second kappa shape index (κ2) is 9.36. The number of amides is 1. The third-order valence-electron chi connectivity index (χ3n) is 5.65. The van der Waals surface area contributed by atoms with E-state index in [2.05, 4.69) is 5.32 Å². The summed E-state index contributed by atoms with van der Waals surface area (Å²) in [6, 6.07) is 12.2. The lowest BCUT2D eigenvalue weighted by molar-refractivity contribution is 0.0876. The quantitative estimate of drug-likeness (QED) is 0.616. The number of pyridine rings is 1. The van der Waals surface area contributed by atoms with Crippen LogP contribution in [0.2, 0.25) is 0 Å². The molecule has 0 radical (unpaired) electrons. The molecule has 2 heterocycles. The molecule has 1 aliphatic rings. The second-order valence-electron chi connectivity index (χ2n) is 7.99. The van der Waals surface area contributed by atoms with Crippen LogP contribution in [0.4, 0.5) is 8.78 Å². The molecule has 33 heavy (non-hydrogen) atoms. The maximum absolute atomic E-state index is 13.9. The number of carbonyl (C=O) groups is 2. The summed E-state index contributed by atoms with van der Waals surface area (Å²) < 4.78 is 34.4. The summed E-state index contributed by atoms with van der Waals surface area (Å²) in [4.78, 5) is 38.9. The number of hydrogen-bond donors (Lipinski definition) is 1. The first kappa shape index (κ1) is 22.4. The minimum absolute atomic E-state index is 0.0522. The first-order valence-electron chi connectivity index (χ1n) is 10.6. The fourth-order valence-corrected chi connectivity index (χ4v) is 3.73. The molecule has 3 aromatic rings. The van der Waals surface area contributed by atoms with E-state index < -0.39 is 23.0 Å². The number of fused-ring (bicyclic) bond motifs is 1. The topological polar surface area (TPSA) is 77.4 Å². The number of ketones is 1. The van der Waals surface area contributed by atoms with E-state index in [-0.39, 0.29) is 47.4 Å². The highest BCUT2D eigenvalue weighted by atomic mass is 19.1. The average Bonchev–Trinajstić information content (AvgIpc) is 2.80. The Labute approximate surface area is 188 Å². The third kappa shape index (κ3) is 4.69. The van der Waals surface area contributed by atoms with Crippen molar-refractivity contribution in [1.82, 2.24) is 9.88 Å². The minimum Gasteiger partial charge on any atom is -0.483 e. The lowest BCUT2D eigenvalue weighted by Crippen LogP contribution is -2.35. The fourth-order valence-electron chi connectivity index (χ4n) is 3.73. The Bertz CT molecular complexity index is 1270. The number of hydrogen-bond acceptors (Lipinski definition) is 4. The van der Waals surface area contributed by atoms with E-state index in [9.17, 15) is 23.2 Å². The predicted octanol–water partition coefficient (Wildman–Crippen LogP) is 3.86. The Morgan fingerprint density at radius 2 is 1.91 bits per heavy atom. The van der Waals surface area contributed by atoms with Crippen LogP contribution < -0.4 is 15.5 Å². The van der Waals surface area contributed by atoms with E-state index in [1.807, 2.05) is 30.3 Å². The predicted molar refractivity (Wildman–Crippen MR) is 117 cm³/mol. The monoisotopic (exact) mass is 452 g/mol. The van der Waals surface area contributed by atoms with Crippen LogP contribution >= 0.6 is 0 Å². The minimum atomic E-state index is -0.802. The molecule has 0 spiro atoms. The summed E-state index contributed by atoms with van der Waals surface area (Å²) >= 11 is 0. The first-order chi connectivity index (χ1) is 15.8. The van der Waals surface area contributed by atoms with Crippen molar-refractivity contribution in [2.75, 3.05) is 0 Å². The maximum Gasteiger partial charge on any atom is 0.257 e. The first-order valence-corrected chi connectivity index (χ1v) is 10.6. The van der Waals surface area contributed by atoms with Gasteiger partial charge in [-0.1, -0.05) is 43.3 Å². The molecule has 0 saturated heterocycles. The Morgan fingerprint density at radius 3 is 2.64 bits per heavy atom. The van der Waals surface area contributed by atoms with Gasteiger partial charge in [-0.25, -0.2) is 8.78 Å². The van der Waals surface area contributed by atoms with Gasteiger partial charge in [0.05, 0.1) is 0 Å². The number of aryl methyl sites for hydroxylation is 1. The molecule has 1 unspecified atom stereocenters. The van der Waals surface area contributed by atoms with Crippen LogP contribution in [-0.4, -0.2) is 16.3 Å². The van der Waals surface area contributed by atoms with Crippen molar-refractivity contribution < 1.29 is 23.1 Å². The number of halogens is 2. The molecule has 1 N–H and O–H groups in total. The van der Waals surface area contributed by atoms with Crippen molar-refractivity contribution in [2.24, 2.45) is 5.92 Å². The van der Waals surface area contributed by atoms with E-state index in [0.29, 0.717) is 13.0 Å². The average molecular weight is 452 g/mol. The van der Waals surface area contributed by atoms with Gasteiger partial charge in [0.1, 0.15) is 29.5 Å². The summed E-state index contributed by atoms with van der Waals surface area (Å²) in [6.07, 6.45) is 1.90. The zero-order valence-corrected chi connectivity index (χ0v) is 17.9. The van der Waals surface area contributed by atoms with Crippen molar-refractivity contribution in [3.05, 3.63) is 99.0 Å². The Kier molecular flexibility index (Phi) is 6.35. The Hall–Kier alpha value is -3.81. The lowest BCUT2D eigenvalue weighted by Gasteiger charge is -2.25. The molecule has 0 bridgehead atoms. The van der Waals surface area contributed by atoms with Crippen LogP contribution in [0.1, 0.15) is 45.3 Å². The summed E-state index contributed by atoms with van der Waals surface area (Å²) in [7, 11) is 0. The SMILES string of the molecule is CC1CCn2cc(C(=O)NCc3ccc(F)cc3F)c(=O)c(OCc3ccccc3)c2C1=O. The van der Waals surface area contributed by atoms with Gasteiger partial charge in [0.15, 0.2) is 11.5 Å². The smallest absolute Gasteiger partial charge is 0.257 e. The highest BCUT2D eigenvalue weighted by Crippen LogP contribution is 2.27. The van der Waals surface area contributed by atoms with Crippen molar-refractivity contribution in [3.63, 3.8) is 0 Å². The fraction of sp³-hybridized carbons (Fsp3) is 0.240. The molecule has 6 nitrogen and oxygen atoms in total. The number of Topliss-reactive ketones (excluding diaryl/α,β-unsaturated/α-hetero) is 1. The molecule has 0 fully saturated rings. The number of ether oxygens (including phenoxy) is 1. The van der Waals surface area contributed by atoms with Gasteiger partial charge >= 0.3 is 0 Å². The molecular formula is C25H22F2N2O4. The van der Waals surface area contributed by atoms with Crippen LogP contribution in [0, 0.1) is 17.6 Å². The number of aromatic nitrogens is 1. The highest BCUT2D eigenvalue weighted by molar-refractivity contribution is 6.01. The van der Waals surface area contributed by atoms with Gasteiger partial charge in [-0.15, -0.1) is 0 Å². The van der Waals surface area contributed by atoms with Crippen LogP contribution in [0.25, 0.3) is 0 Å². The zero-order chi connectivity index (χ0) is 23.5. The Morgan fingerprint density at radius 1 is 1.15 bits per heavy atom. The van der Waals surface area contributed by atoms with Crippen LogP contribution in [0.3, 0.4) is 0 Å². The van der Waals surface area contributed by atoms with Gasteiger partial charge in [-0.3, -0.25) is 14.4 Å². The molecule has 0 saturated carbocycles. The summed E-state index contributed by atoms with van der Waals surface area (Å²) in [6.45, 7) is 2.05. The normalized spacial score (nSPS) is 15.1. The zero-order valence-electron chi connectivity index (χ0n) is 17.9. The molecule has 2 aromatic carbocycles. The maximum atomic E-state index is 13.9. The molecule has 0 aliphatic carbocycles. The Balaban J connectivity index is 1.66. The van der Waals surface area contributed by atoms with Crippen molar-refractivity contribution in [1.29, 1.82) is 0 Å². The van der Waals surface area contributed by atoms with E-state index in [1.165, 1.54) is 12.3 Å². The van der Waals surface area contributed by atoms with Crippen molar-refractivity contribution >= 4 is 11.7 Å². The number of nitrogens with zero attached hydrogens (tertiary/aromatic N) is 1. The number of benzene rings is 2. The van der Waals surface area contributed by atoms with Gasteiger partial charge < -0.3 is 14.6 Å². The third-order valence-corrected chi connectivity index (χ3v) is 5.65. The molecular weight excluding hydrogens is 430 g/mol. The standard InChI is InChI=1S/C25H22F2N2O4/c1-15-9-10-29-13-19(25(32)28-12-17-7-8-18(26)11-20(17)27)23(31)24(21(29)22(15)30)33-14-16-5-3-2-4-6-16/h2-8,11,13,15H,9-10,12,14H2,1H3,(H,28,32). The molecule has 8 heteroatoms. The molecule has 1 atom stereocenters. The van der Waals surface area contributed by atoms with Gasteiger partial charge in [-0.05, 0) is 18.1 Å². The van der Waals surface area contributed by atoms with E-state index in [1.54, 1.807) is 11.5 Å². The number of rotatable bonds is 6. The molecule has 1 aromatic heterocycles. The van der Waals surface area contributed by atoms with Crippen LogP contribution in [0.15, 0.2) is 59.5 Å². The lowest BCUT2D eigenvalue weighted by atomic mass is 9.94. The van der Waals surface area contributed by atoms with Crippen LogP contribution in [0.5, 0.6) is 5.75 Å². The van der Waals surface area contributed by atoms with E-state index in [0.717, 1.165) is 17.7 Å². The molecule has 4 rings (SSSR count). The van der Waals surface area contributed by atoms with Gasteiger partial charge in [-0.2, -0.15) is 0 Å². The largest absolute Gasteiger partial charge is 0.483 e. The molecule has 170 valence electrons. The van der Waals surface area contributed by atoms with Crippen molar-refractivity contribution in [3.8, 4) is 5.75 Å². The van der Waals surface area contributed by atoms with E-state index >= 15 is 0 Å². The number of carbonyl (C=O) groups excluding carboxylic acids is 2. The van der Waals surface area contributed by atoms with Crippen molar-refractivity contribution in [2.45, 2.75) is 33.0 Å². The van der Waals surface area contributed by atoms with Gasteiger partial charge in [0.25, 0.3) is 5.91 Å².